The number of nitrogens with one attached hydrogen (secondary N) is 1. The smallest absolute Gasteiger partial charge is 0.265 e. The molecule has 2 aromatic rings. The van der Waals surface area contributed by atoms with Crippen molar-refractivity contribution in [2.45, 2.75) is 4.90 Å². The van der Waals surface area contributed by atoms with Gasteiger partial charge in [0, 0.05) is 13.1 Å². The SMILES string of the molecule is COc1ccccc1S(=O)(=O)Nc1cnc(N2CCOCC2)nc1. The molecule has 1 fully saturated rings. The van der Waals surface area contributed by atoms with Gasteiger partial charge in [0.25, 0.3) is 10.0 Å². The summed E-state index contributed by atoms with van der Waals surface area (Å²) in [7, 11) is -2.36. The lowest BCUT2D eigenvalue weighted by Crippen LogP contribution is -2.37. The fourth-order valence-electron chi connectivity index (χ4n) is 2.35. The molecule has 0 unspecified atom stereocenters. The van der Waals surface area contributed by atoms with Gasteiger partial charge in [-0.2, -0.15) is 0 Å². The van der Waals surface area contributed by atoms with E-state index < -0.39 is 10.0 Å². The topological polar surface area (TPSA) is 93.7 Å². The first-order valence-electron chi connectivity index (χ1n) is 7.41. The van der Waals surface area contributed by atoms with Crippen LogP contribution in [-0.2, 0) is 14.8 Å². The van der Waals surface area contributed by atoms with Crippen LogP contribution in [0.5, 0.6) is 5.75 Å². The number of hydrogen-bond donors (Lipinski definition) is 1. The molecule has 24 heavy (non-hydrogen) atoms. The van der Waals surface area contributed by atoms with Gasteiger partial charge in [-0.25, -0.2) is 18.4 Å². The minimum atomic E-state index is -3.78. The number of anilines is 2. The molecule has 1 aliphatic rings. The first-order chi connectivity index (χ1) is 11.6. The Hall–Kier alpha value is -2.39. The lowest BCUT2D eigenvalue weighted by Gasteiger charge is -2.26. The summed E-state index contributed by atoms with van der Waals surface area (Å²) in [6.45, 7) is 2.69. The summed E-state index contributed by atoms with van der Waals surface area (Å²) in [5, 5.41) is 0. The highest BCUT2D eigenvalue weighted by atomic mass is 32.2. The van der Waals surface area contributed by atoms with Crippen molar-refractivity contribution in [2.75, 3.05) is 43.0 Å². The monoisotopic (exact) mass is 350 g/mol. The third-order valence-corrected chi connectivity index (χ3v) is 4.96. The van der Waals surface area contributed by atoms with Crippen molar-refractivity contribution in [3.05, 3.63) is 36.7 Å². The minimum absolute atomic E-state index is 0.0600. The van der Waals surface area contributed by atoms with Crippen molar-refractivity contribution in [1.29, 1.82) is 0 Å². The van der Waals surface area contributed by atoms with Crippen LogP contribution in [0.1, 0.15) is 0 Å². The molecule has 1 aliphatic heterocycles. The number of nitrogens with zero attached hydrogens (tertiary/aromatic N) is 3. The van der Waals surface area contributed by atoms with Crippen LogP contribution in [0.4, 0.5) is 11.6 Å². The number of ether oxygens (including phenoxy) is 2. The van der Waals surface area contributed by atoms with Gasteiger partial charge in [0.15, 0.2) is 0 Å². The van der Waals surface area contributed by atoms with Gasteiger partial charge < -0.3 is 14.4 Å². The lowest BCUT2D eigenvalue weighted by atomic mass is 10.3. The van der Waals surface area contributed by atoms with Gasteiger partial charge in [-0.05, 0) is 12.1 Å². The van der Waals surface area contributed by atoms with Crippen LogP contribution < -0.4 is 14.4 Å². The van der Waals surface area contributed by atoms with E-state index in [2.05, 4.69) is 14.7 Å². The molecule has 0 bridgehead atoms. The van der Waals surface area contributed by atoms with Crippen molar-refractivity contribution in [3.8, 4) is 5.75 Å². The molecule has 1 aromatic carbocycles. The van der Waals surface area contributed by atoms with E-state index in [-0.39, 0.29) is 16.3 Å². The molecule has 0 saturated carbocycles. The van der Waals surface area contributed by atoms with Crippen LogP contribution in [0.15, 0.2) is 41.6 Å². The molecule has 9 heteroatoms. The molecule has 0 spiro atoms. The largest absolute Gasteiger partial charge is 0.495 e. The quantitative estimate of drug-likeness (QED) is 0.863. The van der Waals surface area contributed by atoms with Crippen LogP contribution in [-0.4, -0.2) is 51.8 Å². The molecule has 0 amide bonds. The van der Waals surface area contributed by atoms with Crippen molar-refractivity contribution in [3.63, 3.8) is 0 Å². The molecule has 1 N–H and O–H groups in total. The Morgan fingerprint density at radius 2 is 1.83 bits per heavy atom. The zero-order chi connectivity index (χ0) is 17.0. The number of aromatic nitrogens is 2. The summed E-state index contributed by atoms with van der Waals surface area (Å²) < 4.78 is 37.8. The average molecular weight is 350 g/mol. The number of sulfonamides is 1. The third-order valence-electron chi connectivity index (χ3n) is 3.54. The maximum absolute atomic E-state index is 12.5. The summed E-state index contributed by atoms with van der Waals surface area (Å²) in [6, 6.07) is 6.41. The molecule has 1 aromatic heterocycles. The molecule has 1 saturated heterocycles. The Kier molecular flexibility index (Phi) is 4.81. The number of rotatable bonds is 5. The van der Waals surface area contributed by atoms with Gasteiger partial charge in [0.05, 0.1) is 38.4 Å². The maximum Gasteiger partial charge on any atom is 0.265 e. The van der Waals surface area contributed by atoms with E-state index in [9.17, 15) is 8.42 Å². The molecule has 0 atom stereocenters. The highest BCUT2D eigenvalue weighted by Gasteiger charge is 2.20. The van der Waals surface area contributed by atoms with E-state index in [0.717, 1.165) is 0 Å². The molecular formula is C15H18N4O4S. The average Bonchev–Trinajstić information content (AvgIpc) is 2.63. The highest BCUT2D eigenvalue weighted by molar-refractivity contribution is 7.92. The van der Waals surface area contributed by atoms with E-state index in [1.807, 2.05) is 4.90 Å². The Bertz CT molecular complexity index is 789. The summed E-state index contributed by atoms with van der Waals surface area (Å²) in [5.41, 5.74) is 0.290. The van der Waals surface area contributed by atoms with E-state index in [1.165, 1.54) is 25.6 Å². The van der Waals surface area contributed by atoms with Gasteiger partial charge in [0.1, 0.15) is 10.6 Å². The number of morpholine rings is 1. The molecule has 0 radical (unpaired) electrons. The van der Waals surface area contributed by atoms with E-state index in [0.29, 0.717) is 32.3 Å². The Morgan fingerprint density at radius 3 is 2.50 bits per heavy atom. The van der Waals surface area contributed by atoms with Crippen LogP contribution >= 0.6 is 0 Å². The van der Waals surface area contributed by atoms with Gasteiger partial charge in [-0.15, -0.1) is 0 Å². The number of para-hydroxylation sites is 1. The molecule has 2 heterocycles. The third kappa shape index (κ3) is 3.57. The first-order valence-corrected chi connectivity index (χ1v) is 8.89. The van der Waals surface area contributed by atoms with E-state index in [4.69, 9.17) is 9.47 Å². The summed E-state index contributed by atoms with van der Waals surface area (Å²) in [6.07, 6.45) is 2.90. The summed E-state index contributed by atoms with van der Waals surface area (Å²) in [5.74, 6) is 0.828. The number of methoxy groups -OCH3 is 1. The van der Waals surface area contributed by atoms with Crippen molar-refractivity contribution < 1.29 is 17.9 Å². The Balaban J connectivity index is 1.77. The van der Waals surface area contributed by atoms with Crippen LogP contribution in [0, 0.1) is 0 Å². The van der Waals surface area contributed by atoms with Crippen molar-refractivity contribution in [2.24, 2.45) is 0 Å². The van der Waals surface area contributed by atoms with E-state index in [1.54, 1.807) is 18.2 Å². The number of benzene rings is 1. The predicted octanol–water partition coefficient (Wildman–Crippen LogP) is 1.12. The lowest BCUT2D eigenvalue weighted by molar-refractivity contribution is 0.122. The standard InChI is InChI=1S/C15H18N4O4S/c1-22-13-4-2-3-5-14(13)24(20,21)18-12-10-16-15(17-11-12)19-6-8-23-9-7-19/h2-5,10-11,18H,6-9H2,1H3. The fraction of sp³-hybridized carbons (Fsp3) is 0.333. The van der Waals surface area contributed by atoms with Gasteiger partial charge in [0.2, 0.25) is 5.95 Å². The van der Waals surface area contributed by atoms with Crippen LogP contribution in [0.3, 0.4) is 0 Å². The molecular weight excluding hydrogens is 332 g/mol. The fourth-order valence-corrected chi connectivity index (χ4v) is 3.55. The summed E-state index contributed by atoms with van der Waals surface area (Å²) >= 11 is 0. The summed E-state index contributed by atoms with van der Waals surface area (Å²) in [4.78, 5) is 10.5. The van der Waals surface area contributed by atoms with Crippen molar-refractivity contribution in [1.82, 2.24) is 9.97 Å². The normalized spacial score (nSPS) is 15.1. The zero-order valence-electron chi connectivity index (χ0n) is 13.2. The highest BCUT2D eigenvalue weighted by Crippen LogP contribution is 2.25. The van der Waals surface area contributed by atoms with Crippen molar-refractivity contribution >= 4 is 21.7 Å². The van der Waals surface area contributed by atoms with Crippen LogP contribution in [0.2, 0.25) is 0 Å². The first kappa shape index (κ1) is 16.5. The van der Waals surface area contributed by atoms with Gasteiger partial charge in [-0.1, -0.05) is 12.1 Å². The van der Waals surface area contributed by atoms with E-state index >= 15 is 0 Å². The second-order valence-corrected chi connectivity index (χ2v) is 6.78. The molecule has 8 nitrogen and oxygen atoms in total. The van der Waals surface area contributed by atoms with Gasteiger partial charge >= 0.3 is 0 Å². The minimum Gasteiger partial charge on any atom is -0.495 e. The van der Waals surface area contributed by atoms with Crippen LogP contribution in [0.25, 0.3) is 0 Å². The zero-order valence-corrected chi connectivity index (χ0v) is 14.0. The predicted molar refractivity (Wildman–Crippen MR) is 88.9 cm³/mol. The Morgan fingerprint density at radius 1 is 1.17 bits per heavy atom. The molecule has 128 valence electrons. The molecule has 0 aliphatic carbocycles. The second-order valence-electron chi connectivity index (χ2n) is 5.13. The Labute approximate surface area is 140 Å². The van der Waals surface area contributed by atoms with Gasteiger partial charge in [-0.3, -0.25) is 4.72 Å². The molecule has 3 rings (SSSR count). The number of hydrogen-bond acceptors (Lipinski definition) is 7. The maximum atomic E-state index is 12.5. The second kappa shape index (κ2) is 7.02.